The molecule has 3 N–H and O–H groups in total. The lowest BCUT2D eigenvalue weighted by Gasteiger charge is -2.07. The molecule has 1 saturated carbocycles. The highest BCUT2D eigenvalue weighted by Crippen LogP contribution is 2.30. The van der Waals surface area contributed by atoms with Gasteiger partial charge in [-0.2, -0.15) is 0 Å². The number of halogens is 1. The molecule has 0 atom stereocenters. The van der Waals surface area contributed by atoms with Crippen LogP contribution >= 0.6 is 0 Å². The summed E-state index contributed by atoms with van der Waals surface area (Å²) >= 11 is 0. The summed E-state index contributed by atoms with van der Waals surface area (Å²) in [4.78, 5) is 0. The Hall–Kier alpha value is -1.58. The van der Waals surface area contributed by atoms with Crippen LogP contribution < -0.4 is 10.5 Å². The predicted octanol–water partition coefficient (Wildman–Crippen LogP) is 1.90. The smallest absolute Gasteiger partial charge is 0.165 e. The van der Waals surface area contributed by atoms with E-state index in [1.807, 2.05) is 0 Å². The average molecular weight is 208 g/mol. The molecule has 0 aromatic heterocycles. The van der Waals surface area contributed by atoms with Crippen LogP contribution in [0.4, 0.5) is 4.39 Å². The van der Waals surface area contributed by atoms with Crippen LogP contribution in [0.25, 0.3) is 0 Å². The van der Waals surface area contributed by atoms with Crippen LogP contribution in [0, 0.1) is 17.1 Å². The van der Waals surface area contributed by atoms with Gasteiger partial charge in [0.15, 0.2) is 11.6 Å². The Morgan fingerprint density at radius 1 is 1.53 bits per heavy atom. The van der Waals surface area contributed by atoms with E-state index in [2.05, 4.69) is 0 Å². The Kier molecular flexibility index (Phi) is 2.58. The number of amidine groups is 1. The lowest BCUT2D eigenvalue weighted by molar-refractivity contribution is 0.285. The molecule has 4 heteroatoms. The minimum atomic E-state index is -0.455. The van der Waals surface area contributed by atoms with E-state index in [4.69, 9.17) is 15.9 Å². The molecule has 15 heavy (non-hydrogen) atoms. The van der Waals surface area contributed by atoms with Gasteiger partial charge in [-0.15, -0.1) is 0 Å². The van der Waals surface area contributed by atoms with Crippen molar-refractivity contribution >= 4 is 5.84 Å². The second-order valence-corrected chi connectivity index (χ2v) is 3.81. The maximum Gasteiger partial charge on any atom is 0.165 e. The lowest BCUT2D eigenvalue weighted by Crippen LogP contribution is -2.11. The number of hydrogen-bond donors (Lipinski definition) is 2. The number of benzene rings is 1. The summed E-state index contributed by atoms with van der Waals surface area (Å²) in [7, 11) is 0. The van der Waals surface area contributed by atoms with E-state index in [-0.39, 0.29) is 11.6 Å². The zero-order chi connectivity index (χ0) is 10.8. The Morgan fingerprint density at radius 2 is 2.27 bits per heavy atom. The molecule has 0 aliphatic heterocycles. The SMILES string of the molecule is N=C(N)c1ccc(OCC2CC2)c(F)c1. The van der Waals surface area contributed by atoms with Gasteiger partial charge in [-0.25, -0.2) is 4.39 Å². The third-order valence-corrected chi connectivity index (χ3v) is 2.41. The molecule has 1 aromatic carbocycles. The number of nitrogens with one attached hydrogen (secondary N) is 1. The Labute approximate surface area is 87.6 Å². The summed E-state index contributed by atoms with van der Waals surface area (Å²) in [5.41, 5.74) is 5.62. The van der Waals surface area contributed by atoms with Gasteiger partial charge in [0.25, 0.3) is 0 Å². The summed E-state index contributed by atoms with van der Waals surface area (Å²) in [5.74, 6) is 0.245. The Balaban J connectivity index is 2.07. The number of ether oxygens (including phenoxy) is 1. The normalized spacial score (nSPS) is 15.0. The van der Waals surface area contributed by atoms with Gasteiger partial charge in [-0.3, -0.25) is 5.41 Å². The molecule has 1 aromatic rings. The summed E-state index contributed by atoms with van der Waals surface area (Å²) in [6.45, 7) is 0.580. The molecular weight excluding hydrogens is 195 g/mol. The standard InChI is InChI=1S/C11H13FN2O/c12-9-5-8(11(13)14)3-4-10(9)15-6-7-1-2-7/h3-5,7H,1-2,6H2,(H3,13,14). The molecule has 1 aliphatic rings. The van der Waals surface area contributed by atoms with E-state index in [0.29, 0.717) is 18.1 Å². The molecule has 0 amide bonds. The molecule has 2 rings (SSSR count). The minimum absolute atomic E-state index is 0.136. The van der Waals surface area contributed by atoms with Crippen molar-refractivity contribution in [1.29, 1.82) is 5.41 Å². The van der Waals surface area contributed by atoms with Crippen molar-refractivity contribution in [2.24, 2.45) is 11.7 Å². The highest BCUT2D eigenvalue weighted by molar-refractivity contribution is 5.95. The third kappa shape index (κ3) is 2.46. The van der Waals surface area contributed by atoms with Gasteiger partial charge in [0.05, 0.1) is 6.61 Å². The van der Waals surface area contributed by atoms with Crippen molar-refractivity contribution in [1.82, 2.24) is 0 Å². The second-order valence-electron chi connectivity index (χ2n) is 3.81. The van der Waals surface area contributed by atoms with Crippen LogP contribution in [-0.2, 0) is 0 Å². The van der Waals surface area contributed by atoms with Crippen LogP contribution in [0.15, 0.2) is 18.2 Å². The number of hydrogen-bond acceptors (Lipinski definition) is 2. The molecule has 80 valence electrons. The van der Waals surface area contributed by atoms with E-state index in [9.17, 15) is 4.39 Å². The lowest BCUT2D eigenvalue weighted by atomic mass is 10.2. The fourth-order valence-electron chi connectivity index (χ4n) is 1.28. The van der Waals surface area contributed by atoms with Gasteiger partial charge in [0.2, 0.25) is 0 Å². The van der Waals surface area contributed by atoms with E-state index >= 15 is 0 Å². The van der Waals surface area contributed by atoms with Crippen LogP contribution in [-0.4, -0.2) is 12.4 Å². The van der Waals surface area contributed by atoms with Gasteiger partial charge in [-0.05, 0) is 37.0 Å². The molecule has 0 bridgehead atoms. The summed E-state index contributed by atoms with van der Waals surface area (Å²) in [5, 5.41) is 7.15. The fraction of sp³-hybridized carbons (Fsp3) is 0.364. The molecule has 0 unspecified atom stereocenters. The van der Waals surface area contributed by atoms with Crippen molar-refractivity contribution < 1.29 is 9.13 Å². The zero-order valence-corrected chi connectivity index (χ0v) is 8.29. The molecule has 0 spiro atoms. The molecule has 0 radical (unpaired) electrons. The van der Waals surface area contributed by atoms with Gasteiger partial charge >= 0.3 is 0 Å². The quantitative estimate of drug-likeness (QED) is 0.586. The van der Waals surface area contributed by atoms with Crippen molar-refractivity contribution in [2.45, 2.75) is 12.8 Å². The minimum Gasteiger partial charge on any atom is -0.490 e. The second kappa shape index (κ2) is 3.88. The van der Waals surface area contributed by atoms with Crippen LogP contribution in [0.5, 0.6) is 5.75 Å². The van der Waals surface area contributed by atoms with Gasteiger partial charge in [0, 0.05) is 5.56 Å². The average Bonchev–Trinajstić information content (AvgIpc) is 2.99. The molecule has 1 aliphatic carbocycles. The molecule has 3 nitrogen and oxygen atoms in total. The highest BCUT2D eigenvalue weighted by Gasteiger charge is 2.22. The zero-order valence-electron chi connectivity index (χ0n) is 8.29. The maximum atomic E-state index is 13.4. The topological polar surface area (TPSA) is 59.1 Å². The van der Waals surface area contributed by atoms with Crippen LogP contribution in [0.1, 0.15) is 18.4 Å². The fourth-order valence-corrected chi connectivity index (χ4v) is 1.28. The van der Waals surface area contributed by atoms with E-state index < -0.39 is 5.82 Å². The molecule has 1 fully saturated rings. The number of nitrogen functional groups attached to an aromatic ring is 1. The van der Waals surface area contributed by atoms with E-state index in [1.54, 1.807) is 6.07 Å². The van der Waals surface area contributed by atoms with Crippen molar-refractivity contribution in [2.75, 3.05) is 6.61 Å². The maximum absolute atomic E-state index is 13.4. The largest absolute Gasteiger partial charge is 0.490 e. The third-order valence-electron chi connectivity index (χ3n) is 2.41. The molecule has 0 saturated heterocycles. The van der Waals surface area contributed by atoms with Gasteiger partial charge in [0.1, 0.15) is 5.84 Å². The first kappa shape index (κ1) is 9.96. The Bertz CT molecular complexity index is 388. The number of nitrogens with two attached hydrogens (primary N) is 1. The monoisotopic (exact) mass is 208 g/mol. The van der Waals surface area contributed by atoms with Crippen LogP contribution in [0.3, 0.4) is 0 Å². The first-order valence-electron chi connectivity index (χ1n) is 4.93. The van der Waals surface area contributed by atoms with Crippen molar-refractivity contribution in [3.05, 3.63) is 29.6 Å². The van der Waals surface area contributed by atoms with Crippen molar-refractivity contribution in [3.63, 3.8) is 0 Å². The van der Waals surface area contributed by atoms with Gasteiger partial charge < -0.3 is 10.5 Å². The molecular formula is C11H13FN2O. The predicted molar refractivity (Wildman–Crippen MR) is 55.6 cm³/mol. The summed E-state index contributed by atoms with van der Waals surface area (Å²) in [6, 6.07) is 4.34. The first-order valence-corrected chi connectivity index (χ1v) is 4.93. The van der Waals surface area contributed by atoms with E-state index in [0.717, 1.165) is 0 Å². The summed E-state index contributed by atoms with van der Waals surface area (Å²) in [6.07, 6.45) is 2.35. The van der Waals surface area contributed by atoms with E-state index in [1.165, 1.54) is 25.0 Å². The Morgan fingerprint density at radius 3 is 2.80 bits per heavy atom. The van der Waals surface area contributed by atoms with Crippen LogP contribution in [0.2, 0.25) is 0 Å². The number of rotatable bonds is 4. The molecule has 0 heterocycles. The van der Waals surface area contributed by atoms with Crippen molar-refractivity contribution in [3.8, 4) is 5.75 Å². The van der Waals surface area contributed by atoms with Gasteiger partial charge in [-0.1, -0.05) is 0 Å². The first-order chi connectivity index (χ1) is 7.16. The highest BCUT2D eigenvalue weighted by atomic mass is 19.1. The summed E-state index contributed by atoms with van der Waals surface area (Å²) < 4.78 is 18.7.